The van der Waals surface area contributed by atoms with Crippen molar-refractivity contribution in [3.8, 4) is 5.88 Å². The van der Waals surface area contributed by atoms with Gasteiger partial charge in [0.2, 0.25) is 5.88 Å². The lowest BCUT2D eigenvalue weighted by atomic mass is 10.4. The summed E-state index contributed by atoms with van der Waals surface area (Å²) < 4.78 is 4.78. The molecule has 6 nitrogen and oxygen atoms in total. The molecule has 1 unspecified atom stereocenters. The number of carbonyl (C=O) groups is 1. The average Bonchev–Trinajstić information content (AvgIpc) is 2.61. The minimum absolute atomic E-state index is 0.165. The van der Waals surface area contributed by atoms with Crippen LogP contribution in [0.15, 0.2) is 9.95 Å². The molecule has 0 bridgehead atoms. The Bertz CT molecular complexity index is 485. The smallest absolute Gasteiger partial charge is 0.319 e. The van der Waals surface area contributed by atoms with Gasteiger partial charge in [-0.1, -0.05) is 11.8 Å². The Hall–Kier alpha value is -1.50. The summed E-state index contributed by atoms with van der Waals surface area (Å²) in [5.74, 6) is -0.620. The number of carbonyl (C=O) groups excluding carboxylic acids is 1. The monoisotopic (exact) mass is 242 g/mol. The molecule has 1 aromatic heterocycles. The van der Waals surface area contributed by atoms with Gasteiger partial charge < -0.3 is 14.8 Å². The summed E-state index contributed by atoms with van der Waals surface area (Å²) in [5.41, 5.74) is -0.236. The van der Waals surface area contributed by atoms with E-state index in [0.717, 1.165) is 11.8 Å². The predicted molar refractivity (Wildman–Crippen MR) is 56.5 cm³/mol. The van der Waals surface area contributed by atoms with Gasteiger partial charge in [0.15, 0.2) is 5.16 Å². The number of hydrogen-bond donors (Lipinski definition) is 2. The van der Waals surface area contributed by atoms with E-state index in [2.05, 4.69) is 9.97 Å². The first-order valence-corrected chi connectivity index (χ1v) is 5.59. The maximum absolute atomic E-state index is 11.3. The molecule has 1 aromatic rings. The van der Waals surface area contributed by atoms with Gasteiger partial charge in [0.05, 0.1) is 12.2 Å². The lowest BCUT2D eigenvalue weighted by Gasteiger charge is -2.05. The molecule has 1 saturated heterocycles. The highest BCUT2D eigenvalue weighted by Gasteiger charge is 2.28. The Morgan fingerprint density at radius 3 is 2.88 bits per heavy atom. The molecule has 1 atom stereocenters. The fourth-order valence-corrected chi connectivity index (χ4v) is 2.21. The van der Waals surface area contributed by atoms with E-state index in [-0.39, 0.29) is 27.8 Å². The summed E-state index contributed by atoms with van der Waals surface area (Å²) in [7, 11) is 0. The molecule has 7 heteroatoms. The SMILES string of the molecule is Cc1c(O)nc(SC2CCOC2=O)[nH]c1=O. The normalized spacial score (nSPS) is 19.8. The molecule has 0 saturated carbocycles. The van der Waals surface area contributed by atoms with Crippen molar-refractivity contribution in [2.75, 3.05) is 6.61 Å². The summed E-state index contributed by atoms with van der Waals surface area (Å²) in [6.45, 7) is 1.86. The summed E-state index contributed by atoms with van der Waals surface area (Å²) >= 11 is 1.10. The van der Waals surface area contributed by atoms with Gasteiger partial charge in [0.25, 0.3) is 5.56 Å². The molecule has 1 aliphatic heterocycles. The van der Waals surface area contributed by atoms with Crippen LogP contribution in [-0.2, 0) is 9.53 Å². The van der Waals surface area contributed by atoms with Crippen LogP contribution in [0, 0.1) is 6.92 Å². The van der Waals surface area contributed by atoms with Crippen LogP contribution in [0.4, 0.5) is 0 Å². The van der Waals surface area contributed by atoms with Crippen molar-refractivity contribution >= 4 is 17.7 Å². The average molecular weight is 242 g/mol. The van der Waals surface area contributed by atoms with Gasteiger partial charge in [-0.3, -0.25) is 9.59 Å². The van der Waals surface area contributed by atoms with E-state index in [1.807, 2.05) is 0 Å². The molecule has 0 amide bonds. The molecule has 0 radical (unpaired) electrons. The fourth-order valence-electron chi connectivity index (χ4n) is 1.28. The highest BCUT2D eigenvalue weighted by molar-refractivity contribution is 8.00. The van der Waals surface area contributed by atoms with E-state index in [4.69, 9.17) is 4.74 Å². The van der Waals surface area contributed by atoms with E-state index in [1.165, 1.54) is 6.92 Å². The van der Waals surface area contributed by atoms with Crippen LogP contribution in [0.2, 0.25) is 0 Å². The van der Waals surface area contributed by atoms with Gasteiger partial charge in [0.1, 0.15) is 5.25 Å². The van der Waals surface area contributed by atoms with E-state index >= 15 is 0 Å². The van der Waals surface area contributed by atoms with Crippen LogP contribution in [0.3, 0.4) is 0 Å². The number of aromatic nitrogens is 2. The minimum Gasteiger partial charge on any atom is -0.493 e. The molecule has 1 aliphatic rings. The maximum atomic E-state index is 11.3. The lowest BCUT2D eigenvalue weighted by Crippen LogP contribution is -2.15. The zero-order chi connectivity index (χ0) is 11.7. The number of esters is 1. The first-order valence-electron chi connectivity index (χ1n) is 4.71. The second kappa shape index (κ2) is 4.17. The van der Waals surface area contributed by atoms with Crippen molar-refractivity contribution in [3.05, 3.63) is 15.9 Å². The summed E-state index contributed by atoms with van der Waals surface area (Å²) in [5, 5.41) is 9.24. The number of aromatic hydroxyl groups is 1. The minimum atomic E-state index is -0.402. The van der Waals surface area contributed by atoms with Crippen molar-refractivity contribution < 1.29 is 14.6 Å². The van der Waals surface area contributed by atoms with Crippen LogP contribution >= 0.6 is 11.8 Å². The Labute approximate surface area is 95.0 Å². The van der Waals surface area contributed by atoms with Gasteiger partial charge in [-0.15, -0.1) is 0 Å². The molecule has 0 spiro atoms. The molecule has 2 rings (SSSR count). The molecule has 86 valence electrons. The first kappa shape index (κ1) is 11.0. The Kier molecular flexibility index (Phi) is 2.86. The van der Waals surface area contributed by atoms with E-state index < -0.39 is 5.56 Å². The highest BCUT2D eigenvalue weighted by atomic mass is 32.2. The van der Waals surface area contributed by atoms with Crippen LogP contribution in [0.5, 0.6) is 5.88 Å². The molecule has 16 heavy (non-hydrogen) atoms. The molecular weight excluding hydrogens is 232 g/mol. The zero-order valence-corrected chi connectivity index (χ0v) is 9.34. The van der Waals surface area contributed by atoms with Crippen LogP contribution in [-0.4, -0.2) is 32.9 Å². The second-order valence-electron chi connectivity index (χ2n) is 3.38. The Morgan fingerprint density at radius 2 is 2.31 bits per heavy atom. The number of aromatic amines is 1. The van der Waals surface area contributed by atoms with Crippen molar-refractivity contribution in [2.24, 2.45) is 0 Å². The van der Waals surface area contributed by atoms with Crippen LogP contribution in [0.1, 0.15) is 12.0 Å². The van der Waals surface area contributed by atoms with Crippen molar-refractivity contribution in [3.63, 3.8) is 0 Å². The standard InChI is InChI=1S/C9H10N2O4S/c1-4-6(12)10-9(11-7(4)13)16-5-2-3-15-8(5)14/h5H,2-3H2,1H3,(H2,10,11,12,13). The van der Waals surface area contributed by atoms with Crippen molar-refractivity contribution in [2.45, 2.75) is 23.8 Å². The number of H-pyrrole nitrogens is 1. The summed E-state index contributed by atoms with van der Waals surface area (Å²) in [6.07, 6.45) is 0.585. The largest absolute Gasteiger partial charge is 0.493 e. The van der Waals surface area contributed by atoms with Gasteiger partial charge in [-0.2, -0.15) is 4.98 Å². The molecule has 2 heterocycles. The van der Waals surface area contributed by atoms with Gasteiger partial charge in [-0.25, -0.2) is 0 Å². The molecule has 0 aliphatic carbocycles. The summed E-state index contributed by atoms with van der Waals surface area (Å²) in [6, 6.07) is 0. The second-order valence-corrected chi connectivity index (χ2v) is 4.57. The third-order valence-corrected chi connectivity index (χ3v) is 3.37. The summed E-state index contributed by atoms with van der Waals surface area (Å²) in [4.78, 5) is 28.8. The van der Waals surface area contributed by atoms with Gasteiger partial charge in [0, 0.05) is 6.42 Å². The number of nitrogens with one attached hydrogen (secondary N) is 1. The maximum Gasteiger partial charge on any atom is 0.319 e. The number of cyclic esters (lactones) is 1. The van der Waals surface area contributed by atoms with Gasteiger partial charge in [-0.05, 0) is 6.92 Å². The zero-order valence-electron chi connectivity index (χ0n) is 8.52. The van der Waals surface area contributed by atoms with Crippen molar-refractivity contribution in [1.29, 1.82) is 0 Å². The van der Waals surface area contributed by atoms with Crippen molar-refractivity contribution in [1.82, 2.24) is 9.97 Å². The van der Waals surface area contributed by atoms with Crippen LogP contribution < -0.4 is 5.56 Å². The Balaban J connectivity index is 2.22. The molecule has 1 fully saturated rings. The third-order valence-electron chi connectivity index (χ3n) is 2.25. The lowest BCUT2D eigenvalue weighted by molar-refractivity contribution is -0.137. The highest BCUT2D eigenvalue weighted by Crippen LogP contribution is 2.27. The third kappa shape index (κ3) is 2.04. The van der Waals surface area contributed by atoms with E-state index in [0.29, 0.717) is 13.0 Å². The topological polar surface area (TPSA) is 92.3 Å². The number of nitrogens with zero attached hydrogens (tertiary/aromatic N) is 1. The van der Waals surface area contributed by atoms with Gasteiger partial charge >= 0.3 is 5.97 Å². The van der Waals surface area contributed by atoms with Crippen LogP contribution in [0.25, 0.3) is 0 Å². The molecular formula is C9H10N2O4S. The quantitative estimate of drug-likeness (QED) is 0.568. The van der Waals surface area contributed by atoms with E-state index in [9.17, 15) is 14.7 Å². The fraction of sp³-hybridized carbons (Fsp3) is 0.444. The Morgan fingerprint density at radius 1 is 1.56 bits per heavy atom. The first-order chi connectivity index (χ1) is 7.58. The number of hydrogen-bond acceptors (Lipinski definition) is 6. The number of rotatable bonds is 2. The molecule has 0 aromatic carbocycles. The number of ether oxygens (including phenoxy) is 1. The van der Waals surface area contributed by atoms with E-state index in [1.54, 1.807) is 0 Å². The molecule has 2 N–H and O–H groups in total. The predicted octanol–water partition coefficient (Wildman–Crippen LogP) is 0.192. The number of thioether (sulfide) groups is 1.